The van der Waals surface area contributed by atoms with Crippen molar-refractivity contribution in [3.63, 3.8) is 0 Å². The van der Waals surface area contributed by atoms with Crippen molar-refractivity contribution >= 4 is 0 Å². The second-order valence-corrected chi connectivity index (χ2v) is 5.93. The lowest BCUT2D eigenvalue weighted by Gasteiger charge is -2.39. The first-order valence-corrected chi connectivity index (χ1v) is 6.91. The number of benzene rings is 1. The number of ether oxygens (including phenoxy) is 1. The molecule has 0 aromatic heterocycles. The maximum Gasteiger partial charge on any atom is 0.123 e. The number of halogens is 1. The van der Waals surface area contributed by atoms with E-state index in [1.54, 1.807) is 12.1 Å². The summed E-state index contributed by atoms with van der Waals surface area (Å²) in [6.45, 7) is 7.39. The van der Waals surface area contributed by atoms with E-state index in [2.05, 4.69) is 20.8 Å². The van der Waals surface area contributed by atoms with Gasteiger partial charge in [0.15, 0.2) is 0 Å². The molecule has 2 heteroatoms. The first kappa shape index (κ1) is 13.5. The fourth-order valence-electron chi connectivity index (χ4n) is 3.17. The minimum Gasteiger partial charge on any atom is -0.376 e. The van der Waals surface area contributed by atoms with Crippen LogP contribution in [0.25, 0.3) is 0 Å². The Hall–Kier alpha value is -0.890. The Morgan fingerprint density at radius 1 is 1.33 bits per heavy atom. The third-order valence-corrected chi connectivity index (χ3v) is 4.04. The molecule has 0 N–H and O–H groups in total. The fraction of sp³-hybridized carbons (Fsp3) is 0.625. The topological polar surface area (TPSA) is 9.23 Å². The highest BCUT2D eigenvalue weighted by molar-refractivity contribution is 5.21. The zero-order chi connectivity index (χ0) is 13.2. The lowest BCUT2D eigenvalue weighted by molar-refractivity contribution is -0.0770. The Bertz CT molecular complexity index is 383. The van der Waals surface area contributed by atoms with Crippen LogP contribution >= 0.6 is 0 Å². The minimum atomic E-state index is -0.152. The molecule has 1 aliphatic heterocycles. The van der Waals surface area contributed by atoms with Crippen LogP contribution in [0.2, 0.25) is 0 Å². The van der Waals surface area contributed by atoms with Crippen LogP contribution in [-0.2, 0) is 4.74 Å². The van der Waals surface area contributed by atoms with E-state index >= 15 is 0 Å². The van der Waals surface area contributed by atoms with Crippen LogP contribution in [0.15, 0.2) is 24.3 Å². The maximum atomic E-state index is 13.0. The Morgan fingerprint density at radius 2 is 2.00 bits per heavy atom. The summed E-state index contributed by atoms with van der Waals surface area (Å²) >= 11 is 0. The average Bonchev–Trinajstić information content (AvgIpc) is 2.31. The normalized spacial score (nSPS) is 24.8. The molecule has 0 radical (unpaired) electrons. The van der Waals surface area contributed by atoms with Crippen LogP contribution in [0.5, 0.6) is 0 Å². The van der Waals surface area contributed by atoms with Gasteiger partial charge in [-0.25, -0.2) is 4.39 Å². The molecule has 100 valence electrons. The molecule has 1 nitrogen and oxygen atoms in total. The first-order chi connectivity index (χ1) is 8.52. The molecule has 0 unspecified atom stereocenters. The minimum absolute atomic E-state index is 0.0175. The van der Waals surface area contributed by atoms with E-state index in [4.69, 9.17) is 4.74 Å². The van der Waals surface area contributed by atoms with E-state index in [-0.39, 0.29) is 11.4 Å². The molecule has 18 heavy (non-hydrogen) atoms. The van der Waals surface area contributed by atoms with Gasteiger partial charge in [0.05, 0.1) is 5.60 Å². The Kier molecular flexibility index (Phi) is 4.06. The SMILES string of the molecule is CC[C@H](c1ccc(F)cc1)[C@@H]1CCOC(C)(C)C1. The predicted octanol–water partition coefficient (Wildman–Crippen LogP) is 4.52. The molecule has 0 amide bonds. The van der Waals surface area contributed by atoms with Gasteiger partial charge in [0.1, 0.15) is 5.82 Å². The molecule has 1 aromatic rings. The fourth-order valence-corrected chi connectivity index (χ4v) is 3.17. The molecular weight excluding hydrogens is 227 g/mol. The molecular formula is C16H23FO. The number of hydrogen-bond donors (Lipinski definition) is 0. The lowest BCUT2D eigenvalue weighted by Crippen LogP contribution is -2.36. The lowest BCUT2D eigenvalue weighted by atomic mass is 9.75. The van der Waals surface area contributed by atoms with Gasteiger partial charge in [-0.05, 0) is 62.6 Å². The van der Waals surface area contributed by atoms with Gasteiger partial charge in [-0.1, -0.05) is 19.1 Å². The van der Waals surface area contributed by atoms with Gasteiger partial charge < -0.3 is 4.74 Å². The van der Waals surface area contributed by atoms with Crippen molar-refractivity contribution in [2.24, 2.45) is 5.92 Å². The summed E-state index contributed by atoms with van der Waals surface area (Å²) in [5.41, 5.74) is 1.25. The van der Waals surface area contributed by atoms with Crippen molar-refractivity contribution in [1.29, 1.82) is 0 Å². The van der Waals surface area contributed by atoms with E-state index < -0.39 is 0 Å². The van der Waals surface area contributed by atoms with Gasteiger partial charge in [-0.2, -0.15) is 0 Å². The Balaban J connectivity index is 2.15. The molecule has 1 aliphatic rings. The third-order valence-electron chi connectivity index (χ3n) is 4.04. The third kappa shape index (κ3) is 3.11. The second kappa shape index (κ2) is 5.40. The smallest absolute Gasteiger partial charge is 0.123 e. The maximum absolute atomic E-state index is 13.0. The monoisotopic (exact) mass is 250 g/mol. The van der Waals surface area contributed by atoms with E-state index in [0.717, 1.165) is 25.9 Å². The van der Waals surface area contributed by atoms with Crippen LogP contribution in [-0.4, -0.2) is 12.2 Å². The molecule has 0 aliphatic carbocycles. The van der Waals surface area contributed by atoms with Gasteiger partial charge in [0.25, 0.3) is 0 Å². The summed E-state index contributed by atoms with van der Waals surface area (Å²) in [6, 6.07) is 7.02. The highest BCUT2D eigenvalue weighted by Gasteiger charge is 2.33. The molecule has 0 spiro atoms. The van der Waals surface area contributed by atoms with Crippen molar-refractivity contribution in [1.82, 2.24) is 0 Å². The molecule has 1 saturated heterocycles. The molecule has 0 saturated carbocycles. The Labute approximate surface area is 109 Å². The summed E-state index contributed by atoms with van der Waals surface area (Å²) < 4.78 is 18.8. The summed E-state index contributed by atoms with van der Waals surface area (Å²) in [5.74, 6) is 1.01. The standard InChI is InChI=1S/C16H23FO/c1-4-15(12-5-7-14(17)8-6-12)13-9-10-18-16(2,3)11-13/h5-8,13,15H,4,9-11H2,1-3H3/t13-,15-/m1/s1. The van der Waals surface area contributed by atoms with Crippen molar-refractivity contribution in [3.05, 3.63) is 35.6 Å². The summed E-state index contributed by atoms with van der Waals surface area (Å²) in [6.07, 6.45) is 3.30. The van der Waals surface area contributed by atoms with Crippen molar-refractivity contribution < 1.29 is 9.13 Å². The van der Waals surface area contributed by atoms with Gasteiger partial charge in [-0.3, -0.25) is 0 Å². The average molecular weight is 250 g/mol. The molecule has 1 aromatic carbocycles. The number of hydrogen-bond acceptors (Lipinski definition) is 1. The van der Waals surface area contributed by atoms with Crippen LogP contribution in [0.1, 0.15) is 51.5 Å². The summed E-state index contributed by atoms with van der Waals surface area (Å²) in [7, 11) is 0. The Morgan fingerprint density at radius 3 is 2.56 bits per heavy atom. The number of rotatable bonds is 3. The molecule has 1 heterocycles. The predicted molar refractivity (Wildman–Crippen MR) is 72.2 cm³/mol. The van der Waals surface area contributed by atoms with Crippen molar-refractivity contribution in [2.75, 3.05) is 6.61 Å². The highest BCUT2D eigenvalue weighted by atomic mass is 19.1. The zero-order valence-corrected chi connectivity index (χ0v) is 11.6. The largest absolute Gasteiger partial charge is 0.376 e. The van der Waals surface area contributed by atoms with Gasteiger partial charge in [0, 0.05) is 6.61 Å². The highest BCUT2D eigenvalue weighted by Crippen LogP contribution is 2.39. The van der Waals surface area contributed by atoms with Crippen LogP contribution in [0, 0.1) is 11.7 Å². The second-order valence-electron chi connectivity index (χ2n) is 5.93. The quantitative estimate of drug-likeness (QED) is 0.766. The van der Waals surface area contributed by atoms with Gasteiger partial charge >= 0.3 is 0 Å². The van der Waals surface area contributed by atoms with Gasteiger partial charge in [0.2, 0.25) is 0 Å². The van der Waals surface area contributed by atoms with Crippen molar-refractivity contribution in [2.45, 2.75) is 51.6 Å². The van der Waals surface area contributed by atoms with E-state index in [0.29, 0.717) is 11.8 Å². The van der Waals surface area contributed by atoms with E-state index in [9.17, 15) is 4.39 Å². The van der Waals surface area contributed by atoms with Gasteiger partial charge in [-0.15, -0.1) is 0 Å². The van der Waals surface area contributed by atoms with Crippen LogP contribution < -0.4 is 0 Å². The molecule has 1 fully saturated rings. The van der Waals surface area contributed by atoms with E-state index in [1.165, 1.54) is 5.56 Å². The first-order valence-electron chi connectivity index (χ1n) is 6.91. The molecule has 2 rings (SSSR count). The van der Waals surface area contributed by atoms with Crippen molar-refractivity contribution in [3.8, 4) is 0 Å². The molecule has 0 bridgehead atoms. The van der Waals surface area contributed by atoms with Crippen LogP contribution in [0.3, 0.4) is 0 Å². The zero-order valence-electron chi connectivity index (χ0n) is 11.6. The van der Waals surface area contributed by atoms with Crippen LogP contribution in [0.4, 0.5) is 4.39 Å². The van der Waals surface area contributed by atoms with E-state index in [1.807, 2.05) is 12.1 Å². The molecule has 2 atom stereocenters. The summed E-state index contributed by atoms with van der Waals surface area (Å²) in [4.78, 5) is 0. The summed E-state index contributed by atoms with van der Waals surface area (Å²) in [5, 5.41) is 0.